The van der Waals surface area contributed by atoms with Crippen LogP contribution in [-0.4, -0.2) is 11.6 Å². The molecule has 0 atom stereocenters. The second-order valence-corrected chi connectivity index (χ2v) is 16.7. The van der Waals surface area contributed by atoms with Crippen LogP contribution in [0.5, 0.6) is 0 Å². The fraction of sp³-hybridized carbons (Fsp3) is 0.0769. The first-order valence-corrected chi connectivity index (χ1v) is 19.8. The highest BCUT2D eigenvalue weighted by molar-refractivity contribution is 7.22. The largest absolute Gasteiger partial charge is 0.309 e. The summed E-state index contributed by atoms with van der Waals surface area (Å²) in [5.41, 5.74) is 11.9. The van der Waals surface area contributed by atoms with Gasteiger partial charge in [0.2, 0.25) is 0 Å². The number of rotatable bonds is 5. The molecule has 0 N–H and O–H groups in total. The number of carbonyl (C=O) groups excluding carboxylic acids is 2. The molecule has 2 aliphatic rings. The van der Waals surface area contributed by atoms with Gasteiger partial charge in [0.25, 0.3) is 0 Å². The Bertz CT molecular complexity index is 2900. The average molecular weight is 740 g/mol. The Morgan fingerprint density at radius 3 is 1.88 bits per heavy atom. The van der Waals surface area contributed by atoms with Crippen molar-refractivity contribution in [3.63, 3.8) is 0 Å². The zero-order chi connectivity index (χ0) is 38.1. The second kappa shape index (κ2) is 13.0. The fourth-order valence-electron chi connectivity index (χ4n) is 8.36. The van der Waals surface area contributed by atoms with Crippen LogP contribution in [0, 0.1) is 0 Å². The van der Waals surface area contributed by atoms with Crippen LogP contribution in [0.2, 0.25) is 0 Å². The van der Waals surface area contributed by atoms with Gasteiger partial charge in [-0.1, -0.05) is 148 Å². The lowest BCUT2D eigenvalue weighted by atomic mass is 9.86. The van der Waals surface area contributed by atoms with Gasteiger partial charge in [-0.15, -0.1) is 11.3 Å². The Balaban J connectivity index is 1.05. The summed E-state index contributed by atoms with van der Waals surface area (Å²) in [5.74, 6) is -0.479. The van der Waals surface area contributed by atoms with Gasteiger partial charge in [0.05, 0.1) is 16.9 Å². The molecule has 1 aliphatic heterocycles. The highest BCUT2D eigenvalue weighted by Crippen LogP contribution is 2.53. The predicted octanol–water partition coefficient (Wildman–Crippen LogP) is 13.6. The molecule has 10 rings (SSSR count). The molecule has 0 amide bonds. The number of hydrogen-bond acceptors (Lipinski definition) is 4. The first-order valence-electron chi connectivity index (χ1n) is 19.0. The quantitative estimate of drug-likeness (QED) is 0.130. The minimum absolute atomic E-state index is 0.0715. The van der Waals surface area contributed by atoms with E-state index in [4.69, 9.17) is 0 Å². The highest BCUT2D eigenvalue weighted by atomic mass is 32.1. The molecule has 0 saturated heterocycles. The van der Waals surface area contributed by atoms with E-state index >= 15 is 0 Å². The third-order valence-corrected chi connectivity index (χ3v) is 12.3. The van der Waals surface area contributed by atoms with E-state index in [1.165, 1.54) is 49.3 Å². The molecule has 0 saturated carbocycles. The normalized spacial score (nSPS) is 13.9. The number of nitrogens with zero attached hydrogens (tertiary/aromatic N) is 1. The average Bonchev–Trinajstić information content (AvgIpc) is 3.75. The summed E-state index contributed by atoms with van der Waals surface area (Å²) < 4.78 is 1.10. The van der Waals surface area contributed by atoms with Gasteiger partial charge in [-0.25, -0.2) is 0 Å². The maximum Gasteiger partial charge on any atom is 0.198 e. The Morgan fingerprint density at radius 1 is 0.554 bits per heavy atom. The number of hydrogen-bond donors (Lipinski definition) is 0. The van der Waals surface area contributed by atoms with Crippen molar-refractivity contribution in [2.75, 3.05) is 4.90 Å². The van der Waals surface area contributed by atoms with Crippen LogP contribution in [0.1, 0.15) is 43.0 Å². The third kappa shape index (κ3) is 5.48. The number of allylic oxidation sites excluding steroid dienone is 3. The zero-order valence-electron chi connectivity index (χ0n) is 31.3. The number of fused-ring (bicyclic) bond motifs is 3. The summed E-state index contributed by atoms with van der Waals surface area (Å²) in [5, 5.41) is 3.56. The van der Waals surface area contributed by atoms with Gasteiger partial charge < -0.3 is 4.90 Å². The summed E-state index contributed by atoms with van der Waals surface area (Å²) in [6.45, 7) is 6.75. The number of ketones is 2. The number of anilines is 3. The van der Waals surface area contributed by atoms with E-state index in [-0.39, 0.29) is 22.6 Å². The van der Waals surface area contributed by atoms with Gasteiger partial charge in [-0.3, -0.25) is 9.59 Å². The lowest BCUT2D eigenvalue weighted by molar-refractivity contribution is -0.114. The molecule has 7 aromatic carbocycles. The molecule has 56 heavy (non-hydrogen) atoms. The van der Waals surface area contributed by atoms with Crippen molar-refractivity contribution in [1.29, 1.82) is 0 Å². The predicted molar refractivity (Wildman–Crippen MR) is 235 cm³/mol. The smallest absolute Gasteiger partial charge is 0.198 e. The van der Waals surface area contributed by atoms with E-state index in [2.05, 4.69) is 123 Å². The molecule has 0 bridgehead atoms. The Kier molecular flexibility index (Phi) is 7.88. The maximum atomic E-state index is 14.1. The van der Waals surface area contributed by atoms with Crippen molar-refractivity contribution in [2.24, 2.45) is 0 Å². The van der Waals surface area contributed by atoms with E-state index in [9.17, 15) is 9.59 Å². The second-order valence-electron chi connectivity index (χ2n) is 15.6. The lowest BCUT2D eigenvalue weighted by Crippen LogP contribution is -2.16. The summed E-state index contributed by atoms with van der Waals surface area (Å²) >= 11 is 1.73. The zero-order valence-corrected chi connectivity index (χ0v) is 32.2. The van der Waals surface area contributed by atoms with Crippen LogP contribution >= 0.6 is 11.3 Å². The molecule has 0 radical (unpaired) electrons. The number of para-hydroxylation sites is 1. The number of thiophene rings is 1. The van der Waals surface area contributed by atoms with Gasteiger partial charge in [-0.05, 0) is 92.0 Å². The van der Waals surface area contributed by atoms with Gasteiger partial charge in [0.1, 0.15) is 0 Å². The lowest BCUT2D eigenvalue weighted by Gasteiger charge is -2.34. The summed E-state index contributed by atoms with van der Waals surface area (Å²) in [6, 6.07) is 56.4. The van der Waals surface area contributed by atoms with Crippen LogP contribution in [0.3, 0.4) is 0 Å². The maximum absolute atomic E-state index is 14.1. The Labute approximate surface area is 330 Å². The van der Waals surface area contributed by atoms with E-state index in [1.807, 2.05) is 66.7 Å². The van der Waals surface area contributed by atoms with E-state index in [0.717, 1.165) is 32.5 Å². The highest BCUT2D eigenvalue weighted by Gasteiger charge is 2.37. The van der Waals surface area contributed by atoms with Crippen LogP contribution in [0.15, 0.2) is 169 Å². The van der Waals surface area contributed by atoms with Crippen LogP contribution in [0.4, 0.5) is 17.1 Å². The number of carbonyl (C=O) groups is 2. The van der Waals surface area contributed by atoms with Crippen molar-refractivity contribution in [3.05, 3.63) is 192 Å². The number of Topliss-reactive ketones (excluding diaryl/α,β-unsaturated/α-hetero) is 2. The molecule has 3 nitrogen and oxygen atoms in total. The molecule has 0 fully saturated rings. The third-order valence-electron chi connectivity index (χ3n) is 11.1. The van der Waals surface area contributed by atoms with E-state index < -0.39 is 0 Å². The summed E-state index contributed by atoms with van der Waals surface area (Å²) in [7, 11) is 0. The van der Waals surface area contributed by atoms with Crippen molar-refractivity contribution >= 4 is 78.0 Å². The topological polar surface area (TPSA) is 37.4 Å². The van der Waals surface area contributed by atoms with Crippen molar-refractivity contribution in [3.8, 4) is 21.6 Å². The van der Waals surface area contributed by atoms with Crippen molar-refractivity contribution in [2.45, 2.75) is 26.2 Å². The Morgan fingerprint density at radius 2 is 1.20 bits per heavy atom. The van der Waals surface area contributed by atoms with Gasteiger partial charge in [-0.2, -0.15) is 0 Å². The monoisotopic (exact) mass is 739 g/mol. The van der Waals surface area contributed by atoms with Crippen LogP contribution < -0.4 is 4.90 Å². The summed E-state index contributed by atoms with van der Waals surface area (Å²) in [6.07, 6.45) is 1.77. The first-order chi connectivity index (χ1) is 27.2. The summed E-state index contributed by atoms with van der Waals surface area (Å²) in [4.78, 5) is 31.7. The molecule has 8 aromatic rings. The molecule has 268 valence electrons. The molecular formula is C52H37NO2S. The van der Waals surface area contributed by atoms with E-state index in [1.54, 1.807) is 17.4 Å². The molecule has 4 heteroatoms. The molecule has 1 aliphatic carbocycles. The minimum Gasteiger partial charge on any atom is -0.309 e. The SMILES string of the molecule is CC(C)(C)c1ccc(N2c3ccccc3-c3cccc4c(-c5cc6ccc(C=C7C(=O)C(c8ccccc8)=C(c8ccccc8)C7=O)cc6s5)ccc2c34)cc1. The fourth-order valence-corrected chi connectivity index (χ4v) is 9.51. The first kappa shape index (κ1) is 33.9. The van der Waals surface area contributed by atoms with Crippen molar-refractivity contribution in [1.82, 2.24) is 0 Å². The Hall–Kier alpha value is -6.62. The van der Waals surface area contributed by atoms with Crippen LogP contribution in [-0.2, 0) is 15.0 Å². The standard InChI is InChI=1S/C52H37NO2S/c1-52(2,3)36-23-25-37(26-24-36)53-43-20-11-10-17-38(43)40-18-12-19-41-39(27-28-44(53)49(40)41)46-31-35-22-21-32(30-45(35)56-46)29-42-50(54)47(33-13-6-4-7-14-33)48(51(42)55)34-15-8-5-9-16-34/h4-31H,1-3H3. The number of benzene rings is 7. The van der Waals surface area contributed by atoms with Gasteiger partial charge in [0, 0.05) is 37.4 Å². The van der Waals surface area contributed by atoms with Gasteiger partial charge >= 0.3 is 0 Å². The van der Waals surface area contributed by atoms with Crippen molar-refractivity contribution < 1.29 is 9.59 Å². The van der Waals surface area contributed by atoms with Crippen LogP contribution in [0.25, 0.3) is 59.6 Å². The molecule has 2 heterocycles. The molecule has 0 spiro atoms. The molecule has 0 unspecified atom stereocenters. The van der Waals surface area contributed by atoms with E-state index in [0.29, 0.717) is 11.1 Å². The minimum atomic E-state index is -0.239. The molecular weight excluding hydrogens is 703 g/mol. The molecule has 1 aromatic heterocycles. The van der Waals surface area contributed by atoms with Gasteiger partial charge in [0.15, 0.2) is 11.6 Å².